The van der Waals surface area contributed by atoms with Gasteiger partial charge in [0.05, 0.1) is 18.6 Å². The maximum atomic E-state index is 12.4. The van der Waals surface area contributed by atoms with Crippen LogP contribution >= 0.6 is 11.3 Å². The predicted octanol–water partition coefficient (Wildman–Crippen LogP) is 2.90. The molecule has 6 nitrogen and oxygen atoms in total. The summed E-state index contributed by atoms with van der Waals surface area (Å²) in [6, 6.07) is 11.9. The maximum absolute atomic E-state index is 12.4. The number of rotatable bonds is 8. The van der Waals surface area contributed by atoms with Crippen molar-refractivity contribution in [1.29, 1.82) is 0 Å². The van der Waals surface area contributed by atoms with Crippen molar-refractivity contribution >= 4 is 27.5 Å². The molecule has 1 aromatic carbocycles. The Kier molecular flexibility index (Phi) is 6.36. The van der Waals surface area contributed by atoms with E-state index in [1.807, 2.05) is 60.5 Å². The number of nitrogens with one attached hydrogen (secondary N) is 2. The molecule has 0 aliphatic heterocycles. The van der Waals surface area contributed by atoms with Crippen LogP contribution in [0.4, 0.5) is 0 Å². The van der Waals surface area contributed by atoms with Crippen LogP contribution in [0.15, 0.2) is 46.6 Å². The first-order valence-corrected chi connectivity index (χ1v) is 9.95. The van der Waals surface area contributed by atoms with Crippen molar-refractivity contribution in [1.82, 2.24) is 20.2 Å². The second-order valence-electron chi connectivity index (χ2n) is 6.66. The lowest BCUT2D eigenvalue weighted by Gasteiger charge is -2.22. The van der Waals surface area contributed by atoms with Gasteiger partial charge in [-0.05, 0) is 30.4 Å². The Bertz CT molecular complexity index is 951. The van der Waals surface area contributed by atoms with Crippen molar-refractivity contribution in [3.63, 3.8) is 0 Å². The lowest BCUT2D eigenvalue weighted by molar-refractivity contribution is -0.123. The van der Waals surface area contributed by atoms with Crippen LogP contribution in [0.5, 0.6) is 0 Å². The first-order valence-electron chi connectivity index (χ1n) is 9.07. The lowest BCUT2D eigenvalue weighted by Crippen LogP contribution is -2.40. The fourth-order valence-electron chi connectivity index (χ4n) is 2.84. The molecule has 0 saturated carbocycles. The Morgan fingerprint density at radius 3 is 2.78 bits per heavy atom. The minimum absolute atomic E-state index is 0.0285. The molecule has 0 aliphatic carbocycles. The molecule has 2 N–H and O–H groups in total. The molecule has 3 rings (SSSR count). The van der Waals surface area contributed by atoms with Gasteiger partial charge in [-0.2, -0.15) is 0 Å². The average Bonchev–Trinajstić information content (AvgIpc) is 3.11. The van der Waals surface area contributed by atoms with Crippen molar-refractivity contribution in [3.05, 3.63) is 63.5 Å². The van der Waals surface area contributed by atoms with E-state index < -0.39 is 0 Å². The summed E-state index contributed by atoms with van der Waals surface area (Å²) in [5.74, 6) is 0.539. The number of aromatic amines is 1. The summed E-state index contributed by atoms with van der Waals surface area (Å²) in [5, 5.41) is 4.86. The van der Waals surface area contributed by atoms with E-state index in [1.54, 1.807) is 0 Å². The third kappa shape index (κ3) is 5.24. The smallest absolute Gasteiger partial charge is 0.268 e. The van der Waals surface area contributed by atoms with Gasteiger partial charge in [0.25, 0.3) is 5.56 Å². The zero-order chi connectivity index (χ0) is 19.2. The van der Waals surface area contributed by atoms with E-state index in [1.165, 1.54) is 11.3 Å². The lowest BCUT2D eigenvalue weighted by atomic mass is 10.2. The Morgan fingerprint density at radius 1 is 1.26 bits per heavy atom. The van der Waals surface area contributed by atoms with E-state index >= 15 is 0 Å². The van der Waals surface area contributed by atoms with Crippen LogP contribution in [-0.4, -0.2) is 33.4 Å². The summed E-state index contributed by atoms with van der Waals surface area (Å²) in [5.41, 5.74) is 1.67. The Morgan fingerprint density at radius 2 is 2.04 bits per heavy atom. The zero-order valence-corrected chi connectivity index (χ0v) is 16.4. The summed E-state index contributed by atoms with van der Waals surface area (Å²) in [4.78, 5) is 34.0. The second-order valence-corrected chi connectivity index (χ2v) is 7.57. The van der Waals surface area contributed by atoms with Gasteiger partial charge in [0.15, 0.2) is 0 Å². The number of carbonyl (C=O) groups excluding carboxylic acids is 1. The molecule has 0 unspecified atom stereocenters. The average molecular weight is 385 g/mol. The first kappa shape index (κ1) is 19.3. The molecule has 2 heterocycles. The highest BCUT2D eigenvalue weighted by Gasteiger charge is 2.15. The number of benzene rings is 1. The molecule has 7 heteroatoms. The molecule has 0 spiro atoms. The van der Waals surface area contributed by atoms with Crippen molar-refractivity contribution < 1.29 is 4.79 Å². The number of nitrogens with zero attached hydrogens (tertiary/aromatic N) is 2. The van der Waals surface area contributed by atoms with Crippen LogP contribution < -0.4 is 10.9 Å². The Balaban J connectivity index is 1.79. The summed E-state index contributed by atoms with van der Waals surface area (Å²) in [7, 11) is 0. The van der Waals surface area contributed by atoms with Gasteiger partial charge in [0.1, 0.15) is 10.5 Å². The van der Waals surface area contributed by atoms with Crippen LogP contribution in [-0.2, 0) is 17.9 Å². The molecule has 0 aliphatic rings. The highest BCUT2D eigenvalue weighted by molar-refractivity contribution is 7.17. The summed E-state index contributed by atoms with van der Waals surface area (Å²) >= 11 is 1.38. The van der Waals surface area contributed by atoms with Crippen LogP contribution in [0.1, 0.15) is 31.7 Å². The highest BCUT2D eigenvalue weighted by Crippen LogP contribution is 2.15. The first-order chi connectivity index (χ1) is 13.0. The van der Waals surface area contributed by atoms with Gasteiger partial charge >= 0.3 is 0 Å². The SMILES string of the molecule is CC[C@@H](C)NC(=O)CN(Cc1ccccc1)Cc1nc2ccsc2c(=O)[nH]1. The predicted molar refractivity (Wildman–Crippen MR) is 109 cm³/mol. The van der Waals surface area contributed by atoms with E-state index in [2.05, 4.69) is 15.3 Å². The number of carbonyl (C=O) groups is 1. The number of thiophene rings is 1. The normalized spacial score (nSPS) is 12.4. The Hall–Kier alpha value is -2.51. The number of amides is 1. The monoisotopic (exact) mass is 384 g/mol. The summed E-state index contributed by atoms with van der Waals surface area (Å²) in [6.45, 7) is 5.26. The van der Waals surface area contributed by atoms with Crippen molar-refractivity contribution in [2.45, 2.75) is 39.4 Å². The molecule has 0 bridgehead atoms. The van der Waals surface area contributed by atoms with Gasteiger partial charge in [-0.1, -0.05) is 37.3 Å². The molecule has 0 saturated heterocycles. The molecular formula is C20H24N4O2S. The van der Waals surface area contributed by atoms with E-state index in [-0.39, 0.29) is 24.1 Å². The standard InChI is InChI=1S/C20H24N4O2S/c1-3-14(2)21-18(25)13-24(11-15-7-5-4-6-8-15)12-17-22-16-9-10-27-19(16)20(26)23-17/h4-10,14H,3,11-13H2,1-2H3,(H,21,25)(H,22,23,26)/t14-/m1/s1. The van der Waals surface area contributed by atoms with Crippen LogP contribution in [0.3, 0.4) is 0 Å². The van der Waals surface area contributed by atoms with E-state index in [4.69, 9.17) is 0 Å². The molecule has 142 valence electrons. The van der Waals surface area contributed by atoms with Crippen LogP contribution in [0, 0.1) is 0 Å². The van der Waals surface area contributed by atoms with E-state index in [0.717, 1.165) is 12.0 Å². The minimum Gasteiger partial charge on any atom is -0.353 e. The number of H-pyrrole nitrogens is 1. The van der Waals surface area contributed by atoms with E-state index in [0.29, 0.717) is 29.1 Å². The fraction of sp³-hybridized carbons (Fsp3) is 0.350. The molecular weight excluding hydrogens is 360 g/mol. The van der Waals surface area contributed by atoms with Crippen LogP contribution in [0.2, 0.25) is 0 Å². The molecule has 1 amide bonds. The molecule has 2 aromatic heterocycles. The largest absolute Gasteiger partial charge is 0.353 e. The topological polar surface area (TPSA) is 78.1 Å². The quantitative estimate of drug-likeness (QED) is 0.626. The summed E-state index contributed by atoms with van der Waals surface area (Å²) < 4.78 is 0.628. The number of hydrogen-bond acceptors (Lipinski definition) is 5. The third-order valence-corrected chi connectivity index (χ3v) is 5.28. The van der Waals surface area contributed by atoms with E-state index in [9.17, 15) is 9.59 Å². The number of aromatic nitrogens is 2. The Labute approximate surface area is 162 Å². The zero-order valence-electron chi connectivity index (χ0n) is 15.6. The molecule has 1 atom stereocenters. The van der Waals surface area contributed by atoms with Crippen LogP contribution in [0.25, 0.3) is 10.2 Å². The van der Waals surface area contributed by atoms with Crippen molar-refractivity contribution in [2.75, 3.05) is 6.54 Å². The van der Waals surface area contributed by atoms with Gasteiger partial charge in [0.2, 0.25) is 5.91 Å². The van der Waals surface area contributed by atoms with Crippen molar-refractivity contribution in [2.24, 2.45) is 0 Å². The van der Waals surface area contributed by atoms with Gasteiger partial charge in [-0.15, -0.1) is 11.3 Å². The molecule has 27 heavy (non-hydrogen) atoms. The number of hydrogen-bond donors (Lipinski definition) is 2. The maximum Gasteiger partial charge on any atom is 0.268 e. The second kappa shape index (κ2) is 8.92. The fourth-order valence-corrected chi connectivity index (χ4v) is 3.57. The number of fused-ring (bicyclic) bond motifs is 1. The van der Waals surface area contributed by atoms with Gasteiger partial charge in [0, 0.05) is 12.6 Å². The van der Waals surface area contributed by atoms with Gasteiger partial charge in [-0.25, -0.2) is 4.98 Å². The summed E-state index contributed by atoms with van der Waals surface area (Å²) in [6.07, 6.45) is 0.883. The van der Waals surface area contributed by atoms with Crippen molar-refractivity contribution in [3.8, 4) is 0 Å². The minimum atomic E-state index is -0.131. The van der Waals surface area contributed by atoms with Gasteiger partial charge in [-0.3, -0.25) is 14.5 Å². The molecule has 0 fully saturated rings. The molecule has 3 aromatic rings. The highest BCUT2D eigenvalue weighted by atomic mass is 32.1. The molecule has 0 radical (unpaired) electrons. The third-order valence-electron chi connectivity index (χ3n) is 4.37. The van der Waals surface area contributed by atoms with Gasteiger partial charge < -0.3 is 10.3 Å².